The van der Waals surface area contributed by atoms with Crippen molar-refractivity contribution in [1.82, 2.24) is 10.2 Å². The average Bonchev–Trinajstić information content (AvgIpc) is 2.44. The lowest BCUT2D eigenvalue weighted by molar-refractivity contribution is -0.137. The third-order valence-electron chi connectivity index (χ3n) is 3.61. The standard InChI is InChI=1S/C14H17F5N2/c15-2-1-13(21-5-3-20-4-6-21)10-7-11(14(17,18)19)9-12(16)8-10/h7-9,13,20H,1-6H2/t13-/m0/s1. The number of piperazine rings is 1. The summed E-state index contributed by atoms with van der Waals surface area (Å²) in [6, 6.07) is 1.92. The molecule has 1 aliphatic rings. The molecule has 1 aromatic rings. The highest BCUT2D eigenvalue weighted by Crippen LogP contribution is 2.34. The Morgan fingerprint density at radius 2 is 1.81 bits per heavy atom. The maximum atomic E-state index is 13.5. The van der Waals surface area contributed by atoms with Crippen molar-refractivity contribution in [2.75, 3.05) is 32.9 Å². The van der Waals surface area contributed by atoms with Crippen molar-refractivity contribution in [2.24, 2.45) is 0 Å². The lowest BCUT2D eigenvalue weighted by Crippen LogP contribution is -2.45. The molecule has 0 bridgehead atoms. The van der Waals surface area contributed by atoms with Gasteiger partial charge < -0.3 is 5.32 Å². The number of rotatable bonds is 4. The highest BCUT2D eigenvalue weighted by molar-refractivity contribution is 5.29. The van der Waals surface area contributed by atoms with Gasteiger partial charge in [-0.15, -0.1) is 0 Å². The number of nitrogens with zero attached hydrogens (tertiary/aromatic N) is 1. The Balaban J connectivity index is 2.32. The van der Waals surface area contributed by atoms with Crippen LogP contribution in [0.4, 0.5) is 22.0 Å². The molecule has 2 nitrogen and oxygen atoms in total. The summed E-state index contributed by atoms with van der Waals surface area (Å²) in [6.45, 7) is 1.91. The number of alkyl halides is 4. The molecule has 21 heavy (non-hydrogen) atoms. The molecule has 1 aromatic carbocycles. The number of hydrogen-bond acceptors (Lipinski definition) is 2. The molecule has 1 heterocycles. The molecule has 0 radical (unpaired) electrons. The van der Waals surface area contributed by atoms with Crippen LogP contribution in [0.5, 0.6) is 0 Å². The van der Waals surface area contributed by atoms with Crippen molar-refractivity contribution in [2.45, 2.75) is 18.6 Å². The monoisotopic (exact) mass is 308 g/mol. The average molecular weight is 308 g/mol. The number of benzene rings is 1. The zero-order valence-corrected chi connectivity index (χ0v) is 11.4. The van der Waals surface area contributed by atoms with Crippen molar-refractivity contribution in [3.63, 3.8) is 0 Å². The summed E-state index contributed by atoms with van der Waals surface area (Å²) in [6.07, 6.45) is -4.55. The number of halogens is 5. The molecule has 0 amide bonds. The first-order valence-electron chi connectivity index (χ1n) is 6.80. The van der Waals surface area contributed by atoms with E-state index >= 15 is 0 Å². The van der Waals surface area contributed by atoms with Crippen LogP contribution in [-0.2, 0) is 6.18 Å². The van der Waals surface area contributed by atoms with Crippen molar-refractivity contribution in [3.05, 3.63) is 35.1 Å². The van der Waals surface area contributed by atoms with Gasteiger partial charge in [-0.3, -0.25) is 9.29 Å². The fourth-order valence-corrected chi connectivity index (χ4v) is 2.63. The Labute approximate surface area is 119 Å². The van der Waals surface area contributed by atoms with Crippen LogP contribution in [0.15, 0.2) is 18.2 Å². The highest BCUT2D eigenvalue weighted by Gasteiger charge is 2.33. The highest BCUT2D eigenvalue weighted by atomic mass is 19.4. The van der Waals surface area contributed by atoms with E-state index in [1.807, 2.05) is 4.90 Å². The second-order valence-electron chi connectivity index (χ2n) is 5.05. The molecule has 1 atom stereocenters. The van der Waals surface area contributed by atoms with Crippen LogP contribution in [0.3, 0.4) is 0 Å². The van der Waals surface area contributed by atoms with Crippen LogP contribution >= 0.6 is 0 Å². The normalized spacial score (nSPS) is 18.7. The summed E-state index contributed by atoms with van der Waals surface area (Å²) in [4.78, 5) is 1.89. The molecule has 7 heteroatoms. The Morgan fingerprint density at radius 1 is 1.14 bits per heavy atom. The lowest BCUT2D eigenvalue weighted by atomic mass is 9.99. The van der Waals surface area contributed by atoms with E-state index in [0.717, 1.165) is 12.1 Å². The molecule has 118 valence electrons. The molecule has 0 aliphatic carbocycles. The summed E-state index contributed by atoms with van der Waals surface area (Å²) in [5.74, 6) is -0.946. The van der Waals surface area contributed by atoms with Crippen molar-refractivity contribution in [3.8, 4) is 0 Å². The minimum Gasteiger partial charge on any atom is -0.314 e. The van der Waals surface area contributed by atoms with Gasteiger partial charge in [0.25, 0.3) is 0 Å². The van der Waals surface area contributed by atoms with Crippen molar-refractivity contribution in [1.29, 1.82) is 0 Å². The van der Waals surface area contributed by atoms with Gasteiger partial charge in [0.05, 0.1) is 12.2 Å². The largest absolute Gasteiger partial charge is 0.416 e. The zero-order chi connectivity index (χ0) is 15.5. The van der Waals surface area contributed by atoms with Gasteiger partial charge in [-0.05, 0) is 30.2 Å². The SMILES string of the molecule is FCC[C@@H](c1cc(F)cc(C(F)(F)F)c1)N1CCNCC1. The van der Waals surface area contributed by atoms with Gasteiger partial charge >= 0.3 is 6.18 Å². The predicted octanol–water partition coefficient (Wildman–Crippen LogP) is 3.15. The van der Waals surface area contributed by atoms with Crippen molar-refractivity contribution < 1.29 is 22.0 Å². The third-order valence-corrected chi connectivity index (χ3v) is 3.61. The van der Waals surface area contributed by atoms with Gasteiger partial charge in [-0.1, -0.05) is 0 Å². The predicted molar refractivity (Wildman–Crippen MR) is 69.2 cm³/mol. The fraction of sp³-hybridized carbons (Fsp3) is 0.571. The Bertz CT molecular complexity index is 469. The first kappa shape index (κ1) is 16.2. The lowest BCUT2D eigenvalue weighted by Gasteiger charge is -2.35. The summed E-state index contributed by atoms with van der Waals surface area (Å²) in [5.41, 5.74) is -0.849. The Hall–Kier alpha value is -1.21. The van der Waals surface area contributed by atoms with E-state index in [2.05, 4.69) is 5.32 Å². The van der Waals surface area contributed by atoms with E-state index in [0.29, 0.717) is 32.2 Å². The van der Waals surface area contributed by atoms with Crippen LogP contribution in [0, 0.1) is 5.82 Å². The van der Waals surface area contributed by atoms with Crippen molar-refractivity contribution >= 4 is 0 Å². The quantitative estimate of drug-likeness (QED) is 0.860. The van der Waals surface area contributed by atoms with E-state index in [-0.39, 0.29) is 12.0 Å². The second-order valence-corrected chi connectivity index (χ2v) is 5.05. The minimum absolute atomic E-state index is 0.0563. The molecular formula is C14H17F5N2. The molecule has 1 saturated heterocycles. The van der Waals surface area contributed by atoms with E-state index in [9.17, 15) is 22.0 Å². The molecule has 1 aliphatic heterocycles. The molecule has 0 spiro atoms. The smallest absolute Gasteiger partial charge is 0.314 e. The first-order valence-corrected chi connectivity index (χ1v) is 6.80. The third kappa shape index (κ3) is 4.14. The Morgan fingerprint density at radius 3 is 2.38 bits per heavy atom. The van der Waals surface area contributed by atoms with E-state index in [4.69, 9.17) is 0 Å². The van der Waals surface area contributed by atoms with Gasteiger partial charge in [0, 0.05) is 32.2 Å². The summed E-state index contributed by atoms with van der Waals surface area (Å²) in [7, 11) is 0. The second kappa shape index (κ2) is 6.70. The van der Waals surface area contributed by atoms with E-state index < -0.39 is 30.3 Å². The maximum absolute atomic E-state index is 13.5. The number of nitrogens with one attached hydrogen (secondary N) is 1. The van der Waals surface area contributed by atoms with Crippen LogP contribution in [0.25, 0.3) is 0 Å². The van der Waals surface area contributed by atoms with Crippen LogP contribution in [0.1, 0.15) is 23.6 Å². The van der Waals surface area contributed by atoms with Crippen LogP contribution in [0.2, 0.25) is 0 Å². The molecule has 0 unspecified atom stereocenters. The maximum Gasteiger partial charge on any atom is 0.416 e. The molecule has 0 saturated carbocycles. The molecule has 1 N–H and O–H groups in total. The van der Waals surface area contributed by atoms with E-state index in [1.54, 1.807) is 0 Å². The van der Waals surface area contributed by atoms with Gasteiger partial charge in [0.1, 0.15) is 5.82 Å². The number of hydrogen-bond donors (Lipinski definition) is 1. The molecule has 1 fully saturated rings. The van der Waals surface area contributed by atoms with Gasteiger partial charge in [-0.25, -0.2) is 4.39 Å². The summed E-state index contributed by atoms with van der Waals surface area (Å²) in [5, 5.41) is 3.12. The molecule has 0 aromatic heterocycles. The first-order chi connectivity index (χ1) is 9.91. The minimum atomic E-state index is -4.61. The fourth-order valence-electron chi connectivity index (χ4n) is 2.63. The van der Waals surface area contributed by atoms with Crippen LogP contribution < -0.4 is 5.32 Å². The summed E-state index contributed by atoms with van der Waals surface area (Å²) >= 11 is 0. The topological polar surface area (TPSA) is 15.3 Å². The van der Waals surface area contributed by atoms with Gasteiger partial charge in [0.15, 0.2) is 0 Å². The molecular weight excluding hydrogens is 291 g/mol. The van der Waals surface area contributed by atoms with Gasteiger partial charge in [-0.2, -0.15) is 13.2 Å². The Kier molecular flexibility index (Phi) is 5.16. The van der Waals surface area contributed by atoms with Crippen LogP contribution in [-0.4, -0.2) is 37.8 Å². The zero-order valence-electron chi connectivity index (χ0n) is 11.4. The molecule has 2 rings (SSSR count). The van der Waals surface area contributed by atoms with Gasteiger partial charge in [0.2, 0.25) is 0 Å². The summed E-state index contributed by atoms with van der Waals surface area (Å²) < 4.78 is 64.6. The van der Waals surface area contributed by atoms with E-state index in [1.165, 1.54) is 0 Å².